The second-order valence-corrected chi connectivity index (χ2v) is 7.63. The van der Waals surface area contributed by atoms with Crippen molar-refractivity contribution in [3.05, 3.63) is 22.4 Å². The summed E-state index contributed by atoms with van der Waals surface area (Å²) in [7, 11) is 0. The van der Waals surface area contributed by atoms with Gasteiger partial charge in [0.05, 0.1) is 6.54 Å². The van der Waals surface area contributed by atoms with Crippen LogP contribution < -0.4 is 5.32 Å². The normalized spacial score (nSPS) is 11.9. The van der Waals surface area contributed by atoms with E-state index in [2.05, 4.69) is 59.1 Å². The van der Waals surface area contributed by atoms with Crippen LogP contribution in [0.1, 0.15) is 25.6 Å². The van der Waals surface area contributed by atoms with Gasteiger partial charge in [-0.05, 0) is 49.1 Å². The molecule has 0 radical (unpaired) electrons. The Kier molecular flexibility index (Phi) is 5.56. The van der Waals surface area contributed by atoms with Gasteiger partial charge in [0.25, 0.3) is 0 Å². The third kappa shape index (κ3) is 5.22. The molecule has 5 nitrogen and oxygen atoms in total. The van der Waals surface area contributed by atoms with Gasteiger partial charge in [0.1, 0.15) is 0 Å². The number of hydrogen-bond acceptors (Lipinski definition) is 6. The average Bonchev–Trinajstić information content (AvgIpc) is 3.00. The highest BCUT2D eigenvalue weighted by Crippen LogP contribution is 2.17. The number of nitrogens with one attached hydrogen (secondary N) is 1. The number of nitrogens with zero attached hydrogens (tertiary/aromatic N) is 4. The zero-order valence-electron chi connectivity index (χ0n) is 12.2. The minimum atomic E-state index is 0.125. The van der Waals surface area contributed by atoms with Crippen molar-refractivity contribution >= 4 is 23.1 Å². The first-order valence-corrected chi connectivity index (χ1v) is 8.57. The minimum Gasteiger partial charge on any atom is -0.310 e. The molecule has 2 aromatic heterocycles. The van der Waals surface area contributed by atoms with Gasteiger partial charge >= 0.3 is 0 Å². The van der Waals surface area contributed by atoms with Gasteiger partial charge in [0.15, 0.2) is 0 Å². The van der Waals surface area contributed by atoms with Crippen molar-refractivity contribution in [1.29, 1.82) is 0 Å². The summed E-state index contributed by atoms with van der Waals surface area (Å²) < 4.78 is 1.87. The van der Waals surface area contributed by atoms with E-state index in [0.717, 1.165) is 30.4 Å². The molecule has 0 saturated heterocycles. The lowest BCUT2D eigenvalue weighted by Crippen LogP contribution is -2.38. The molecule has 20 heavy (non-hydrogen) atoms. The molecule has 0 aliphatic heterocycles. The molecule has 0 fully saturated rings. The first-order valence-electron chi connectivity index (χ1n) is 6.71. The van der Waals surface area contributed by atoms with Crippen LogP contribution in [0.4, 0.5) is 0 Å². The standard InChI is InChI=1S/C13H21N5S2/c1-13(2,3)14-7-8-18-12(15-16-17-18)20-10-6-11-5-4-9-19-11/h4-5,9,14H,6-8,10H2,1-3H3. The van der Waals surface area contributed by atoms with Crippen molar-refractivity contribution in [2.45, 2.75) is 44.4 Å². The molecule has 0 amide bonds. The molecule has 2 aromatic rings. The van der Waals surface area contributed by atoms with E-state index >= 15 is 0 Å². The summed E-state index contributed by atoms with van der Waals surface area (Å²) in [6.45, 7) is 8.13. The van der Waals surface area contributed by atoms with E-state index in [9.17, 15) is 0 Å². The Bertz CT molecular complexity index is 501. The second kappa shape index (κ2) is 7.19. The van der Waals surface area contributed by atoms with E-state index in [4.69, 9.17) is 0 Å². The number of rotatable bonds is 7. The van der Waals surface area contributed by atoms with Gasteiger partial charge in [-0.25, -0.2) is 4.68 Å². The predicted octanol–water partition coefficient (Wildman–Crippen LogP) is 2.46. The molecule has 7 heteroatoms. The Morgan fingerprint density at radius 3 is 2.95 bits per heavy atom. The molecular formula is C13H21N5S2. The Balaban J connectivity index is 1.76. The third-order valence-corrected chi connectivity index (χ3v) is 4.53. The summed E-state index contributed by atoms with van der Waals surface area (Å²) in [5, 5.41) is 18.4. The van der Waals surface area contributed by atoms with Crippen LogP contribution >= 0.6 is 23.1 Å². The highest BCUT2D eigenvalue weighted by molar-refractivity contribution is 7.99. The monoisotopic (exact) mass is 311 g/mol. The van der Waals surface area contributed by atoms with E-state index in [-0.39, 0.29) is 5.54 Å². The fourth-order valence-electron chi connectivity index (χ4n) is 1.67. The van der Waals surface area contributed by atoms with Crippen LogP contribution in [0.25, 0.3) is 0 Å². The number of aromatic nitrogens is 4. The zero-order valence-corrected chi connectivity index (χ0v) is 13.8. The lowest BCUT2D eigenvalue weighted by atomic mass is 10.1. The highest BCUT2D eigenvalue weighted by Gasteiger charge is 2.10. The number of tetrazole rings is 1. The Morgan fingerprint density at radius 2 is 2.25 bits per heavy atom. The van der Waals surface area contributed by atoms with Crippen molar-refractivity contribution in [3.63, 3.8) is 0 Å². The van der Waals surface area contributed by atoms with Crippen molar-refractivity contribution in [2.75, 3.05) is 12.3 Å². The molecule has 0 atom stereocenters. The molecule has 0 unspecified atom stereocenters. The lowest BCUT2D eigenvalue weighted by molar-refractivity contribution is 0.396. The maximum absolute atomic E-state index is 4.09. The van der Waals surface area contributed by atoms with Gasteiger partial charge in [0.2, 0.25) is 5.16 Å². The van der Waals surface area contributed by atoms with E-state index in [1.165, 1.54) is 4.88 Å². The van der Waals surface area contributed by atoms with Gasteiger partial charge in [-0.1, -0.05) is 17.8 Å². The summed E-state index contributed by atoms with van der Waals surface area (Å²) in [5.41, 5.74) is 0.125. The van der Waals surface area contributed by atoms with E-state index in [1.807, 2.05) is 4.68 Å². The zero-order chi connectivity index (χ0) is 14.4. The smallest absolute Gasteiger partial charge is 0.209 e. The number of thiophene rings is 1. The van der Waals surface area contributed by atoms with Gasteiger partial charge in [-0.15, -0.1) is 16.4 Å². The molecule has 0 saturated carbocycles. The van der Waals surface area contributed by atoms with Gasteiger partial charge in [-0.3, -0.25) is 0 Å². The summed E-state index contributed by atoms with van der Waals surface area (Å²) in [6, 6.07) is 4.26. The van der Waals surface area contributed by atoms with Crippen LogP contribution in [0, 0.1) is 0 Å². The maximum Gasteiger partial charge on any atom is 0.209 e. The fraction of sp³-hybridized carbons (Fsp3) is 0.615. The summed E-state index contributed by atoms with van der Waals surface area (Å²) >= 11 is 3.51. The molecule has 0 bridgehead atoms. The third-order valence-electron chi connectivity index (χ3n) is 2.64. The van der Waals surface area contributed by atoms with E-state index in [0.29, 0.717) is 0 Å². The van der Waals surface area contributed by atoms with Crippen LogP contribution in [-0.2, 0) is 13.0 Å². The summed E-state index contributed by atoms with van der Waals surface area (Å²) in [5.74, 6) is 1.01. The second-order valence-electron chi connectivity index (χ2n) is 5.54. The van der Waals surface area contributed by atoms with Gasteiger partial charge < -0.3 is 5.32 Å². The Labute approximate surface area is 128 Å². The van der Waals surface area contributed by atoms with Crippen molar-refractivity contribution < 1.29 is 0 Å². The van der Waals surface area contributed by atoms with Crippen LogP contribution in [-0.4, -0.2) is 38.0 Å². The van der Waals surface area contributed by atoms with Crippen molar-refractivity contribution in [3.8, 4) is 0 Å². The van der Waals surface area contributed by atoms with Crippen LogP contribution in [0.3, 0.4) is 0 Å². The predicted molar refractivity (Wildman–Crippen MR) is 84.3 cm³/mol. The molecule has 0 aromatic carbocycles. The van der Waals surface area contributed by atoms with E-state index in [1.54, 1.807) is 23.1 Å². The molecule has 2 rings (SSSR count). The van der Waals surface area contributed by atoms with Crippen LogP contribution in [0.5, 0.6) is 0 Å². The Morgan fingerprint density at radius 1 is 1.40 bits per heavy atom. The largest absolute Gasteiger partial charge is 0.310 e. The average molecular weight is 311 g/mol. The van der Waals surface area contributed by atoms with Crippen molar-refractivity contribution in [1.82, 2.24) is 25.5 Å². The topological polar surface area (TPSA) is 55.6 Å². The number of thioether (sulfide) groups is 1. The number of hydrogen-bond donors (Lipinski definition) is 1. The molecule has 0 aliphatic rings. The Hall–Kier alpha value is -0.920. The highest BCUT2D eigenvalue weighted by atomic mass is 32.2. The SMILES string of the molecule is CC(C)(C)NCCn1nnnc1SCCc1cccs1. The summed E-state index contributed by atoms with van der Waals surface area (Å²) in [4.78, 5) is 1.41. The molecule has 1 N–H and O–H groups in total. The summed E-state index contributed by atoms with van der Waals surface area (Å²) in [6.07, 6.45) is 1.06. The molecule has 2 heterocycles. The van der Waals surface area contributed by atoms with Gasteiger partial charge in [-0.2, -0.15) is 0 Å². The first kappa shape index (κ1) is 15.5. The minimum absolute atomic E-state index is 0.125. The van der Waals surface area contributed by atoms with Crippen LogP contribution in [0.15, 0.2) is 22.7 Å². The van der Waals surface area contributed by atoms with Crippen LogP contribution in [0.2, 0.25) is 0 Å². The fourth-order valence-corrected chi connectivity index (χ4v) is 3.39. The van der Waals surface area contributed by atoms with Crippen molar-refractivity contribution in [2.24, 2.45) is 0 Å². The molecule has 110 valence electrons. The first-order chi connectivity index (χ1) is 9.54. The van der Waals surface area contributed by atoms with E-state index < -0.39 is 0 Å². The molecule has 0 spiro atoms. The lowest BCUT2D eigenvalue weighted by Gasteiger charge is -2.20. The number of aryl methyl sites for hydroxylation is 1. The quantitative estimate of drug-likeness (QED) is 0.796. The molecule has 0 aliphatic carbocycles. The maximum atomic E-state index is 4.09. The van der Waals surface area contributed by atoms with Gasteiger partial charge in [0, 0.05) is 22.7 Å². The molecular weight excluding hydrogens is 290 g/mol.